The second-order valence-corrected chi connectivity index (χ2v) is 7.46. The van der Waals surface area contributed by atoms with Gasteiger partial charge in [0, 0.05) is 36.5 Å². The highest BCUT2D eigenvalue weighted by molar-refractivity contribution is 7.19. The van der Waals surface area contributed by atoms with Crippen molar-refractivity contribution >= 4 is 45.1 Å². The number of hydrogen-bond donors (Lipinski definition) is 0. The molecule has 6 heteroatoms. The largest absolute Gasteiger partial charge is 0.371 e. The Hall–Kier alpha value is -2.73. The second-order valence-electron chi connectivity index (χ2n) is 6.40. The van der Waals surface area contributed by atoms with Crippen LogP contribution < -0.4 is 4.90 Å². The van der Waals surface area contributed by atoms with Gasteiger partial charge in [0.1, 0.15) is 5.01 Å². The number of rotatable bonds is 4. The molecule has 132 valence electrons. The van der Waals surface area contributed by atoms with E-state index < -0.39 is 0 Å². The zero-order valence-corrected chi connectivity index (χ0v) is 15.1. The third-order valence-electron chi connectivity index (χ3n) is 4.63. The molecule has 4 rings (SSSR count). The summed E-state index contributed by atoms with van der Waals surface area (Å²) in [6.45, 7) is 2.00. The fraction of sp³-hybridized carbons (Fsp3) is 0.250. The third-order valence-corrected chi connectivity index (χ3v) is 5.64. The van der Waals surface area contributed by atoms with Crippen molar-refractivity contribution in [2.24, 2.45) is 0 Å². The molecule has 1 aromatic heterocycles. The molecule has 0 saturated carbocycles. The Labute approximate surface area is 155 Å². The number of piperidine rings is 1. The average Bonchev–Trinajstić information content (AvgIpc) is 3.10. The van der Waals surface area contributed by atoms with Gasteiger partial charge in [-0.2, -0.15) is 0 Å². The topological polar surface area (TPSA) is 59.3 Å². The number of non-ortho nitro benzene ring substituents is 1. The van der Waals surface area contributed by atoms with Crippen LogP contribution in [0.5, 0.6) is 0 Å². The summed E-state index contributed by atoms with van der Waals surface area (Å²) in [5.41, 5.74) is 3.04. The lowest BCUT2D eigenvalue weighted by molar-refractivity contribution is -0.384. The van der Waals surface area contributed by atoms with Crippen LogP contribution in [0.1, 0.15) is 29.8 Å². The van der Waals surface area contributed by atoms with Crippen LogP contribution in [0.15, 0.2) is 42.5 Å². The summed E-state index contributed by atoms with van der Waals surface area (Å²) in [6.07, 6.45) is 7.49. The zero-order chi connectivity index (χ0) is 17.9. The fourth-order valence-corrected chi connectivity index (χ4v) is 4.20. The van der Waals surface area contributed by atoms with Gasteiger partial charge in [0.05, 0.1) is 15.1 Å². The standard InChI is InChI=1S/C20H19N3O2S/c24-23(25)16-9-10-18(22-12-4-1-5-13-22)15(14-16)8-11-20-21-17-6-2-3-7-19(17)26-20/h2-3,6-11,14H,1,4-5,12-13H2/b11-8+. The average molecular weight is 365 g/mol. The Morgan fingerprint density at radius 2 is 1.88 bits per heavy atom. The summed E-state index contributed by atoms with van der Waals surface area (Å²) in [7, 11) is 0. The van der Waals surface area contributed by atoms with Gasteiger partial charge >= 0.3 is 0 Å². The number of fused-ring (bicyclic) bond motifs is 1. The van der Waals surface area contributed by atoms with E-state index >= 15 is 0 Å². The maximum atomic E-state index is 11.2. The lowest BCUT2D eigenvalue weighted by atomic mass is 10.1. The number of nitro benzene ring substituents is 1. The molecule has 0 radical (unpaired) electrons. The Bertz CT molecular complexity index is 941. The first-order chi connectivity index (χ1) is 12.7. The van der Waals surface area contributed by atoms with Crippen molar-refractivity contribution in [2.45, 2.75) is 19.3 Å². The first kappa shape index (κ1) is 16.7. The van der Waals surface area contributed by atoms with Crippen molar-refractivity contribution in [3.8, 4) is 0 Å². The van der Waals surface area contributed by atoms with Gasteiger partial charge in [0.2, 0.25) is 0 Å². The molecule has 0 spiro atoms. The van der Waals surface area contributed by atoms with Crippen LogP contribution in [0, 0.1) is 10.1 Å². The summed E-state index contributed by atoms with van der Waals surface area (Å²) >= 11 is 1.62. The molecule has 1 fully saturated rings. The monoisotopic (exact) mass is 365 g/mol. The molecule has 3 aromatic rings. The minimum atomic E-state index is -0.338. The molecular formula is C20H19N3O2S. The minimum Gasteiger partial charge on any atom is -0.371 e. The molecule has 2 aromatic carbocycles. The van der Waals surface area contributed by atoms with E-state index in [1.54, 1.807) is 23.5 Å². The van der Waals surface area contributed by atoms with Crippen LogP contribution in [0.2, 0.25) is 0 Å². The van der Waals surface area contributed by atoms with Crippen LogP contribution >= 0.6 is 11.3 Å². The number of benzene rings is 2. The van der Waals surface area contributed by atoms with E-state index in [1.165, 1.54) is 6.42 Å². The summed E-state index contributed by atoms with van der Waals surface area (Å²) < 4.78 is 1.14. The molecule has 0 N–H and O–H groups in total. The maximum absolute atomic E-state index is 11.2. The molecule has 5 nitrogen and oxygen atoms in total. The van der Waals surface area contributed by atoms with Gasteiger partial charge in [-0.15, -0.1) is 11.3 Å². The maximum Gasteiger partial charge on any atom is 0.270 e. The first-order valence-corrected chi connectivity index (χ1v) is 9.59. The van der Waals surface area contributed by atoms with Crippen molar-refractivity contribution in [1.82, 2.24) is 4.98 Å². The highest BCUT2D eigenvalue weighted by atomic mass is 32.1. The molecule has 0 bridgehead atoms. The molecular weight excluding hydrogens is 346 g/mol. The molecule has 26 heavy (non-hydrogen) atoms. The predicted octanol–water partition coefficient (Wildman–Crippen LogP) is 5.37. The summed E-state index contributed by atoms with van der Waals surface area (Å²) in [5.74, 6) is 0. The van der Waals surface area contributed by atoms with Crippen LogP contribution in [0.3, 0.4) is 0 Å². The number of anilines is 1. The van der Waals surface area contributed by atoms with Gasteiger partial charge in [0.15, 0.2) is 0 Å². The van der Waals surface area contributed by atoms with Gasteiger partial charge in [0.25, 0.3) is 5.69 Å². The van der Waals surface area contributed by atoms with Crippen molar-refractivity contribution < 1.29 is 4.92 Å². The Morgan fingerprint density at radius 1 is 1.08 bits per heavy atom. The molecule has 0 amide bonds. The van der Waals surface area contributed by atoms with Crippen molar-refractivity contribution in [3.63, 3.8) is 0 Å². The third kappa shape index (κ3) is 3.46. The predicted molar refractivity (Wildman–Crippen MR) is 108 cm³/mol. The van der Waals surface area contributed by atoms with E-state index in [1.807, 2.05) is 36.4 Å². The lowest BCUT2D eigenvalue weighted by Crippen LogP contribution is -2.29. The highest BCUT2D eigenvalue weighted by Crippen LogP contribution is 2.30. The summed E-state index contributed by atoms with van der Waals surface area (Å²) in [4.78, 5) is 17.8. The van der Waals surface area contributed by atoms with Gasteiger partial charge in [-0.05, 0) is 49.6 Å². The van der Waals surface area contributed by atoms with E-state index in [-0.39, 0.29) is 10.6 Å². The van der Waals surface area contributed by atoms with E-state index in [9.17, 15) is 10.1 Å². The minimum absolute atomic E-state index is 0.120. The Kier molecular flexibility index (Phi) is 4.67. The van der Waals surface area contributed by atoms with Crippen LogP contribution in [-0.4, -0.2) is 23.0 Å². The molecule has 1 saturated heterocycles. The van der Waals surface area contributed by atoms with Gasteiger partial charge in [-0.1, -0.05) is 12.1 Å². The number of hydrogen-bond acceptors (Lipinski definition) is 5. The molecule has 0 atom stereocenters. The molecule has 2 heterocycles. The number of para-hydroxylation sites is 1. The number of thiazole rings is 1. The molecule has 0 aliphatic carbocycles. The van der Waals surface area contributed by atoms with Gasteiger partial charge < -0.3 is 4.90 Å². The van der Waals surface area contributed by atoms with Crippen LogP contribution in [0.25, 0.3) is 22.4 Å². The normalized spacial score (nSPS) is 15.0. The number of aromatic nitrogens is 1. The fourth-order valence-electron chi connectivity index (χ4n) is 3.33. The van der Waals surface area contributed by atoms with Crippen molar-refractivity contribution in [3.05, 3.63) is 63.1 Å². The van der Waals surface area contributed by atoms with Gasteiger partial charge in [-0.3, -0.25) is 10.1 Å². The zero-order valence-electron chi connectivity index (χ0n) is 14.3. The van der Waals surface area contributed by atoms with E-state index in [0.29, 0.717) is 0 Å². The smallest absolute Gasteiger partial charge is 0.270 e. The highest BCUT2D eigenvalue weighted by Gasteiger charge is 2.16. The van der Waals surface area contributed by atoms with Gasteiger partial charge in [-0.25, -0.2) is 4.98 Å². The summed E-state index contributed by atoms with van der Waals surface area (Å²) in [6, 6.07) is 13.2. The first-order valence-electron chi connectivity index (χ1n) is 8.78. The summed E-state index contributed by atoms with van der Waals surface area (Å²) in [5, 5.41) is 12.1. The van der Waals surface area contributed by atoms with E-state index in [2.05, 4.69) is 16.0 Å². The number of nitrogens with zero attached hydrogens (tertiary/aromatic N) is 3. The Balaban J connectivity index is 1.70. The van der Waals surface area contributed by atoms with Crippen molar-refractivity contribution in [1.29, 1.82) is 0 Å². The molecule has 1 aliphatic rings. The van der Waals surface area contributed by atoms with Crippen LogP contribution in [-0.2, 0) is 0 Å². The lowest BCUT2D eigenvalue weighted by Gasteiger charge is -2.30. The second kappa shape index (κ2) is 7.25. The van der Waals surface area contributed by atoms with Crippen molar-refractivity contribution in [2.75, 3.05) is 18.0 Å². The molecule has 0 unspecified atom stereocenters. The van der Waals surface area contributed by atoms with E-state index in [4.69, 9.17) is 0 Å². The molecule has 1 aliphatic heterocycles. The van der Waals surface area contributed by atoms with Crippen LogP contribution in [0.4, 0.5) is 11.4 Å². The SMILES string of the molecule is O=[N+]([O-])c1ccc(N2CCCCC2)c(/C=C/c2nc3ccccc3s2)c1. The number of nitro groups is 1. The quantitative estimate of drug-likeness (QED) is 0.461. The Morgan fingerprint density at radius 3 is 2.65 bits per heavy atom. The van der Waals surface area contributed by atoms with E-state index in [0.717, 1.165) is 52.4 Å².